The molecule has 0 spiro atoms. The van der Waals surface area contributed by atoms with Crippen molar-refractivity contribution in [1.29, 1.82) is 0 Å². The van der Waals surface area contributed by atoms with Gasteiger partial charge in [0.25, 0.3) is 0 Å². The van der Waals surface area contributed by atoms with Crippen molar-refractivity contribution in [1.82, 2.24) is 0 Å². The molecular formula is C19H36O3. The van der Waals surface area contributed by atoms with Crippen LogP contribution in [0.4, 0.5) is 0 Å². The number of rotatable bonds is 12. The summed E-state index contributed by atoms with van der Waals surface area (Å²) in [6, 6.07) is 0. The third-order valence-electron chi connectivity index (χ3n) is 4.68. The number of unbranched alkanes of at least 4 members (excludes halogenated alkanes) is 6. The van der Waals surface area contributed by atoms with Crippen molar-refractivity contribution < 1.29 is 14.3 Å². The molecule has 130 valence electrons. The lowest BCUT2D eigenvalue weighted by atomic mass is 9.97. The molecule has 1 fully saturated rings. The van der Waals surface area contributed by atoms with E-state index in [-0.39, 0.29) is 5.97 Å². The second-order valence-electron chi connectivity index (χ2n) is 6.69. The molecule has 3 heteroatoms. The number of ether oxygens (including phenoxy) is 2. The summed E-state index contributed by atoms with van der Waals surface area (Å²) in [7, 11) is 1.46. The van der Waals surface area contributed by atoms with Gasteiger partial charge in [-0.25, -0.2) is 0 Å². The van der Waals surface area contributed by atoms with Crippen molar-refractivity contribution in [2.75, 3.05) is 7.11 Å². The van der Waals surface area contributed by atoms with Crippen LogP contribution in [0.2, 0.25) is 0 Å². The maximum Gasteiger partial charge on any atom is 0.305 e. The zero-order chi connectivity index (χ0) is 16.0. The Labute approximate surface area is 137 Å². The van der Waals surface area contributed by atoms with E-state index in [1.165, 1.54) is 77.7 Å². The van der Waals surface area contributed by atoms with E-state index in [0.717, 1.165) is 12.8 Å². The molecule has 0 aliphatic carbocycles. The molecule has 0 N–H and O–H groups in total. The number of esters is 1. The molecule has 0 aromatic rings. The lowest BCUT2D eigenvalue weighted by molar-refractivity contribution is -0.140. The minimum Gasteiger partial charge on any atom is -0.469 e. The zero-order valence-electron chi connectivity index (χ0n) is 14.8. The lowest BCUT2D eigenvalue weighted by Gasteiger charge is -2.30. The van der Waals surface area contributed by atoms with E-state index in [1.807, 2.05) is 0 Å². The number of carbonyl (C=O) groups is 1. The minimum atomic E-state index is -0.0751. The molecule has 0 saturated carbocycles. The summed E-state index contributed by atoms with van der Waals surface area (Å²) in [6.45, 7) is 2.25. The van der Waals surface area contributed by atoms with Gasteiger partial charge in [-0.15, -0.1) is 0 Å². The van der Waals surface area contributed by atoms with Gasteiger partial charge >= 0.3 is 5.97 Å². The van der Waals surface area contributed by atoms with Gasteiger partial charge in [-0.2, -0.15) is 0 Å². The molecular weight excluding hydrogens is 276 g/mol. The Kier molecular flexibility index (Phi) is 11.4. The van der Waals surface area contributed by atoms with Gasteiger partial charge in [0.15, 0.2) is 0 Å². The molecule has 2 atom stereocenters. The fourth-order valence-electron chi connectivity index (χ4n) is 3.36. The lowest BCUT2D eigenvalue weighted by Crippen LogP contribution is -2.27. The summed E-state index contributed by atoms with van der Waals surface area (Å²) in [5, 5.41) is 0. The Morgan fingerprint density at radius 2 is 1.55 bits per heavy atom. The Morgan fingerprint density at radius 3 is 2.18 bits per heavy atom. The molecule has 0 amide bonds. The normalized spacial score (nSPS) is 21.7. The molecule has 0 radical (unpaired) electrons. The predicted molar refractivity (Wildman–Crippen MR) is 91.0 cm³/mol. The minimum absolute atomic E-state index is 0.0751. The maximum absolute atomic E-state index is 11.0. The standard InChI is InChI=1S/C19H36O3/c1-3-12-17-14-11-15-18(22-17)13-9-7-5-4-6-8-10-16-19(20)21-2/h17-18H,3-16H2,1-2H3. The molecule has 1 aliphatic rings. The molecule has 0 bridgehead atoms. The van der Waals surface area contributed by atoms with Crippen LogP contribution in [0.1, 0.15) is 96.8 Å². The smallest absolute Gasteiger partial charge is 0.305 e. The monoisotopic (exact) mass is 312 g/mol. The van der Waals surface area contributed by atoms with Crippen LogP contribution in [-0.4, -0.2) is 25.3 Å². The van der Waals surface area contributed by atoms with E-state index in [9.17, 15) is 4.79 Å². The van der Waals surface area contributed by atoms with E-state index >= 15 is 0 Å². The highest BCUT2D eigenvalue weighted by Crippen LogP contribution is 2.25. The number of carbonyl (C=O) groups excluding carboxylic acids is 1. The average Bonchev–Trinajstić information content (AvgIpc) is 2.53. The van der Waals surface area contributed by atoms with Crippen molar-refractivity contribution in [3.05, 3.63) is 0 Å². The Bertz CT molecular complexity index is 276. The fourth-order valence-corrected chi connectivity index (χ4v) is 3.36. The molecule has 3 nitrogen and oxygen atoms in total. The van der Waals surface area contributed by atoms with E-state index in [1.54, 1.807) is 0 Å². The summed E-state index contributed by atoms with van der Waals surface area (Å²) >= 11 is 0. The van der Waals surface area contributed by atoms with Gasteiger partial charge in [0, 0.05) is 6.42 Å². The second-order valence-corrected chi connectivity index (χ2v) is 6.69. The third kappa shape index (κ3) is 9.45. The van der Waals surface area contributed by atoms with Gasteiger partial charge in [-0.05, 0) is 38.5 Å². The molecule has 1 heterocycles. The van der Waals surface area contributed by atoms with Crippen molar-refractivity contribution in [2.24, 2.45) is 0 Å². The number of methoxy groups -OCH3 is 1. The highest BCUT2D eigenvalue weighted by atomic mass is 16.5. The van der Waals surface area contributed by atoms with Crippen molar-refractivity contribution >= 4 is 5.97 Å². The van der Waals surface area contributed by atoms with Crippen LogP contribution < -0.4 is 0 Å². The third-order valence-corrected chi connectivity index (χ3v) is 4.68. The summed E-state index contributed by atoms with van der Waals surface area (Å²) < 4.78 is 10.8. The van der Waals surface area contributed by atoms with Crippen LogP contribution in [0, 0.1) is 0 Å². The Morgan fingerprint density at radius 1 is 0.955 bits per heavy atom. The Balaban J connectivity index is 1.88. The van der Waals surface area contributed by atoms with Crippen LogP contribution in [0.15, 0.2) is 0 Å². The maximum atomic E-state index is 11.0. The fraction of sp³-hybridized carbons (Fsp3) is 0.947. The van der Waals surface area contributed by atoms with E-state index in [2.05, 4.69) is 11.7 Å². The van der Waals surface area contributed by atoms with Crippen LogP contribution >= 0.6 is 0 Å². The van der Waals surface area contributed by atoms with Crippen LogP contribution in [0.3, 0.4) is 0 Å². The van der Waals surface area contributed by atoms with Gasteiger partial charge in [0.2, 0.25) is 0 Å². The van der Waals surface area contributed by atoms with Crippen LogP contribution in [0.25, 0.3) is 0 Å². The van der Waals surface area contributed by atoms with E-state index in [0.29, 0.717) is 18.6 Å². The molecule has 2 unspecified atom stereocenters. The van der Waals surface area contributed by atoms with Crippen molar-refractivity contribution in [2.45, 2.75) is 109 Å². The largest absolute Gasteiger partial charge is 0.469 e. The summed E-state index contributed by atoms with van der Waals surface area (Å²) in [5.41, 5.74) is 0. The summed E-state index contributed by atoms with van der Waals surface area (Å²) in [6.07, 6.45) is 17.9. The highest BCUT2D eigenvalue weighted by Gasteiger charge is 2.20. The van der Waals surface area contributed by atoms with Crippen LogP contribution in [-0.2, 0) is 14.3 Å². The molecule has 1 aliphatic heterocycles. The van der Waals surface area contributed by atoms with Gasteiger partial charge in [-0.1, -0.05) is 51.9 Å². The van der Waals surface area contributed by atoms with Crippen molar-refractivity contribution in [3.63, 3.8) is 0 Å². The zero-order valence-corrected chi connectivity index (χ0v) is 14.8. The molecule has 22 heavy (non-hydrogen) atoms. The molecule has 1 saturated heterocycles. The Hall–Kier alpha value is -0.570. The number of hydrogen-bond donors (Lipinski definition) is 0. The van der Waals surface area contributed by atoms with Gasteiger partial charge in [0.05, 0.1) is 19.3 Å². The predicted octanol–water partition coefficient (Wildman–Crippen LogP) is 5.41. The summed E-state index contributed by atoms with van der Waals surface area (Å²) in [4.78, 5) is 11.0. The quantitative estimate of drug-likeness (QED) is 0.357. The first-order chi connectivity index (χ1) is 10.8. The molecule has 0 aromatic carbocycles. The van der Waals surface area contributed by atoms with Crippen molar-refractivity contribution in [3.8, 4) is 0 Å². The SMILES string of the molecule is CCCC1CCCC(CCCCCCCCCC(=O)OC)O1. The second kappa shape index (κ2) is 12.9. The molecule has 0 aromatic heterocycles. The first-order valence-corrected chi connectivity index (χ1v) is 9.48. The highest BCUT2D eigenvalue weighted by molar-refractivity contribution is 5.68. The van der Waals surface area contributed by atoms with Crippen LogP contribution in [0.5, 0.6) is 0 Å². The first-order valence-electron chi connectivity index (χ1n) is 9.48. The average molecular weight is 312 g/mol. The summed E-state index contributed by atoms with van der Waals surface area (Å²) in [5.74, 6) is -0.0751. The van der Waals surface area contributed by atoms with Gasteiger partial charge < -0.3 is 9.47 Å². The van der Waals surface area contributed by atoms with E-state index < -0.39 is 0 Å². The molecule has 1 rings (SSSR count). The topological polar surface area (TPSA) is 35.5 Å². The van der Waals surface area contributed by atoms with E-state index in [4.69, 9.17) is 4.74 Å². The van der Waals surface area contributed by atoms with Gasteiger partial charge in [0.1, 0.15) is 0 Å². The number of hydrogen-bond acceptors (Lipinski definition) is 3. The first kappa shape index (κ1) is 19.5. The van der Waals surface area contributed by atoms with Gasteiger partial charge in [-0.3, -0.25) is 4.79 Å².